The molecule has 3 aromatic carbocycles. The number of carbonyl (C=O) groups is 1. The lowest BCUT2D eigenvalue weighted by Crippen LogP contribution is -2.12. The molecule has 0 saturated heterocycles. The molecular weight excluding hydrogens is 445 g/mol. The zero-order valence-corrected chi connectivity index (χ0v) is 18.3. The summed E-state index contributed by atoms with van der Waals surface area (Å²) in [7, 11) is 0. The van der Waals surface area contributed by atoms with Crippen LogP contribution in [0.3, 0.4) is 0 Å². The van der Waals surface area contributed by atoms with Gasteiger partial charge in [0, 0.05) is 16.8 Å². The standard InChI is InChI=1S/C26H18FN7O/c27-20-5-1-17(2-6-20)24-13-14-30-33(24)22-9-3-18(4-10-22)26(35)32-21-7-11-23(12-8-21)34-25(29)19(15-28)16-31-34/h1-14,16H,29H2,(H,32,35). The Kier molecular flexibility index (Phi) is 5.53. The molecule has 1 amide bonds. The number of hydrogen-bond acceptors (Lipinski definition) is 5. The van der Waals surface area contributed by atoms with E-state index in [0.29, 0.717) is 22.5 Å². The maximum atomic E-state index is 13.3. The lowest BCUT2D eigenvalue weighted by molar-refractivity contribution is 0.102. The maximum Gasteiger partial charge on any atom is 0.255 e. The van der Waals surface area contributed by atoms with Crippen LogP contribution in [0.4, 0.5) is 15.9 Å². The average molecular weight is 463 g/mol. The van der Waals surface area contributed by atoms with Gasteiger partial charge in [-0.2, -0.15) is 15.5 Å². The number of benzene rings is 3. The summed E-state index contributed by atoms with van der Waals surface area (Å²) in [6, 6.07) is 24.0. The van der Waals surface area contributed by atoms with E-state index in [-0.39, 0.29) is 17.5 Å². The van der Waals surface area contributed by atoms with E-state index < -0.39 is 0 Å². The zero-order chi connectivity index (χ0) is 24.4. The lowest BCUT2D eigenvalue weighted by Gasteiger charge is -2.10. The molecule has 0 unspecified atom stereocenters. The van der Waals surface area contributed by atoms with Crippen LogP contribution < -0.4 is 11.1 Å². The molecule has 3 N–H and O–H groups in total. The Balaban J connectivity index is 1.30. The number of nitrogen functional groups attached to an aromatic ring is 1. The van der Waals surface area contributed by atoms with Gasteiger partial charge in [-0.3, -0.25) is 4.79 Å². The Morgan fingerprint density at radius 2 is 1.54 bits per heavy atom. The van der Waals surface area contributed by atoms with E-state index >= 15 is 0 Å². The second-order valence-electron chi connectivity index (χ2n) is 7.65. The second-order valence-corrected chi connectivity index (χ2v) is 7.65. The van der Waals surface area contributed by atoms with Crippen molar-refractivity contribution in [3.63, 3.8) is 0 Å². The minimum absolute atomic E-state index is 0.254. The van der Waals surface area contributed by atoms with E-state index in [1.165, 1.54) is 23.0 Å². The summed E-state index contributed by atoms with van der Waals surface area (Å²) in [6.45, 7) is 0. The van der Waals surface area contributed by atoms with Crippen LogP contribution in [0.15, 0.2) is 91.3 Å². The topological polar surface area (TPSA) is 115 Å². The normalized spacial score (nSPS) is 10.6. The fourth-order valence-electron chi connectivity index (χ4n) is 3.64. The third-order valence-electron chi connectivity index (χ3n) is 5.45. The van der Waals surface area contributed by atoms with Crippen molar-refractivity contribution in [3.05, 3.63) is 108 Å². The van der Waals surface area contributed by atoms with Crippen molar-refractivity contribution in [2.45, 2.75) is 0 Å². The number of nitriles is 1. The Hall–Kier alpha value is -5.23. The van der Waals surface area contributed by atoms with Crippen LogP contribution in [0.25, 0.3) is 22.6 Å². The number of hydrogen-bond donors (Lipinski definition) is 2. The van der Waals surface area contributed by atoms with Crippen LogP contribution in [0.5, 0.6) is 0 Å². The smallest absolute Gasteiger partial charge is 0.255 e. The molecule has 0 radical (unpaired) electrons. The van der Waals surface area contributed by atoms with Crippen molar-refractivity contribution in [1.29, 1.82) is 5.26 Å². The van der Waals surface area contributed by atoms with Crippen LogP contribution in [0, 0.1) is 17.1 Å². The van der Waals surface area contributed by atoms with Crippen LogP contribution >= 0.6 is 0 Å². The third-order valence-corrected chi connectivity index (χ3v) is 5.45. The fraction of sp³-hybridized carbons (Fsp3) is 0. The molecule has 0 aliphatic carbocycles. The van der Waals surface area contributed by atoms with Crippen molar-refractivity contribution in [2.24, 2.45) is 0 Å². The van der Waals surface area contributed by atoms with Gasteiger partial charge < -0.3 is 11.1 Å². The lowest BCUT2D eigenvalue weighted by atomic mass is 10.1. The second kappa shape index (κ2) is 8.96. The van der Waals surface area contributed by atoms with Gasteiger partial charge in [0.15, 0.2) is 0 Å². The van der Waals surface area contributed by atoms with Crippen LogP contribution in [0.2, 0.25) is 0 Å². The highest BCUT2D eigenvalue weighted by atomic mass is 19.1. The Bertz CT molecular complexity index is 1540. The number of nitrogens with one attached hydrogen (secondary N) is 1. The van der Waals surface area contributed by atoms with Crippen molar-refractivity contribution >= 4 is 17.4 Å². The van der Waals surface area contributed by atoms with Crippen molar-refractivity contribution in [1.82, 2.24) is 19.6 Å². The number of halogens is 1. The summed E-state index contributed by atoms with van der Waals surface area (Å²) >= 11 is 0. The maximum absolute atomic E-state index is 13.3. The summed E-state index contributed by atoms with van der Waals surface area (Å²) < 4.78 is 16.5. The molecule has 0 aliphatic heterocycles. The SMILES string of the molecule is N#Cc1cnn(-c2ccc(NC(=O)c3ccc(-n4nccc4-c4ccc(F)cc4)cc3)cc2)c1N. The van der Waals surface area contributed by atoms with E-state index in [2.05, 4.69) is 15.5 Å². The largest absolute Gasteiger partial charge is 0.382 e. The van der Waals surface area contributed by atoms with E-state index in [9.17, 15) is 9.18 Å². The van der Waals surface area contributed by atoms with Gasteiger partial charge in [-0.1, -0.05) is 0 Å². The molecule has 170 valence electrons. The molecule has 0 saturated carbocycles. The minimum Gasteiger partial charge on any atom is -0.382 e. The summed E-state index contributed by atoms with van der Waals surface area (Å²) in [5.41, 5.74) is 10.4. The molecular formula is C26H18FN7O. The first kappa shape index (κ1) is 21.6. The predicted octanol–water partition coefficient (Wildman–Crippen LogP) is 4.57. The van der Waals surface area contributed by atoms with Gasteiger partial charge in [0.1, 0.15) is 23.3 Å². The Morgan fingerprint density at radius 3 is 2.20 bits per heavy atom. The number of carbonyl (C=O) groups excluding carboxylic acids is 1. The van der Waals surface area contributed by atoms with E-state index in [4.69, 9.17) is 11.0 Å². The molecule has 9 heteroatoms. The highest BCUT2D eigenvalue weighted by Crippen LogP contribution is 2.23. The average Bonchev–Trinajstić information content (AvgIpc) is 3.52. The minimum atomic E-state index is -0.302. The van der Waals surface area contributed by atoms with Gasteiger partial charge in [-0.25, -0.2) is 13.8 Å². The summed E-state index contributed by atoms with van der Waals surface area (Å²) in [4.78, 5) is 12.7. The van der Waals surface area contributed by atoms with Crippen LogP contribution in [-0.4, -0.2) is 25.5 Å². The van der Waals surface area contributed by atoms with E-state index in [1.54, 1.807) is 71.5 Å². The fourth-order valence-corrected chi connectivity index (χ4v) is 3.64. The first-order valence-electron chi connectivity index (χ1n) is 10.6. The predicted molar refractivity (Wildman–Crippen MR) is 130 cm³/mol. The molecule has 0 atom stereocenters. The molecule has 5 rings (SSSR count). The third kappa shape index (κ3) is 4.24. The molecule has 0 aliphatic rings. The molecule has 2 aromatic heterocycles. The molecule has 0 spiro atoms. The van der Waals surface area contributed by atoms with Crippen molar-refractivity contribution < 1.29 is 9.18 Å². The number of rotatable bonds is 5. The Labute approximate surface area is 199 Å². The zero-order valence-electron chi connectivity index (χ0n) is 18.3. The number of amides is 1. The molecule has 2 heterocycles. The van der Waals surface area contributed by atoms with Gasteiger partial charge >= 0.3 is 0 Å². The number of nitrogens with zero attached hydrogens (tertiary/aromatic N) is 5. The first-order chi connectivity index (χ1) is 17.0. The van der Waals surface area contributed by atoms with Crippen molar-refractivity contribution in [2.75, 3.05) is 11.1 Å². The number of aromatic nitrogens is 4. The van der Waals surface area contributed by atoms with Crippen LogP contribution in [-0.2, 0) is 0 Å². The molecule has 35 heavy (non-hydrogen) atoms. The molecule has 0 fully saturated rings. The first-order valence-corrected chi connectivity index (χ1v) is 10.6. The highest BCUT2D eigenvalue weighted by molar-refractivity contribution is 6.04. The number of nitrogens with two attached hydrogens (primary N) is 1. The highest BCUT2D eigenvalue weighted by Gasteiger charge is 2.12. The number of anilines is 2. The van der Waals surface area contributed by atoms with Crippen LogP contribution in [0.1, 0.15) is 15.9 Å². The van der Waals surface area contributed by atoms with Gasteiger partial charge in [-0.05, 0) is 78.9 Å². The van der Waals surface area contributed by atoms with Gasteiger partial charge in [0.05, 0.1) is 29.5 Å². The Morgan fingerprint density at radius 1 is 0.886 bits per heavy atom. The monoisotopic (exact) mass is 463 g/mol. The van der Waals surface area contributed by atoms with Crippen molar-refractivity contribution in [3.8, 4) is 28.7 Å². The van der Waals surface area contributed by atoms with Gasteiger partial charge in [-0.15, -0.1) is 0 Å². The summed E-state index contributed by atoms with van der Waals surface area (Å²) in [6.07, 6.45) is 3.07. The molecule has 0 bridgehead atoms. The van der Waals surface area contributed by atoms with E-state index in [1.807, 2.05) is 12.1 Å². The quantitative estimate of drug-likeness (QED) is 0.396. The van der Waals surface area contributed by atoms with E-state index in [0.717, 1.165) is 16.9 Å². The summed E-state index contributed by atoms with van der Waals surface area (Å²) in [5, 5.41) is 20.4. The van der Waals surface area contributed by atoms with Gasteiger partial charge in [0.2, 0.25) is 0 Å². The molecule has 8 nitrogen and oxygen atoms in total. The summed E-state index contributed by atoms with van der Waals surface area (Å²) in [5.74, 6) is -0.318. The van der Waals surface area contributed by atoms with Gasteiger partial charge in [0.25, 0.3) is 5.91 Å². The molecule has 5 aromatic rings.